The van der Waals surface area contributed by atoms with Crippen LogP contribution in [0.3, 0.4) is 0 Å². The van der Waals surface area contributed by atoms with E-state index in [2.05, 4.69) is 28.5 Å². The number of H-pyrrole nitrogens is 1. The third kappa shape index (κ3) is 4.90. The van der Waals surface area contributed by atoms with Crippen molar-refractivity contribution in [3.63, 3.8) is 0 Å². The molecule has 2 aromatic carbocycles. The van der Waals surface area contributed by atoms with Gasteiger partial charge < -0.3 is 10.3 Å². The summed E-state index contributed by atoms with van der Waals surface area (Å²) in [5, 5.41) is 13.4. The van der Waals surface area contributed by atoms with Gasteiger partial charge in [-0.2, -0.15) is 11.8 Å². The van der Waals surface area contributed by atoms with Crippen molar-refractivity contribution in [2.45, 2.75) is 25.1 Å². The number of carbonyl (C=O) groups is 1. The normalized spacial score (nSPS) is 13.7. The van der Waals surface area contributed by atoms with Crippen LogP contribution in [0.4, 0.5) is 0 Å². The molecule has 6 heteroatoms. The standard InChI is InChI=1S/C23H25N3O2S/c27-23(26-28)8-6-16-1-3-18(4-2-16)14-24-11-9-17-5-7-21-20(13-17)19-10-12-29-15-22(19)25-21/h1-8,13,24-25,28H,9-12,14-15H2,(H,26,27)/b8-6+. The van der Waals surface area contributed by atoms with Gasteiger partial charge in [0.2, 0.25) is 0 Å². The zero-order valence-electron chi connectivity index (χ0n) is 16.2. The second-order valence-electron chi connectivity index (χ2n) is 7.24. The number of hydrogen-bond donors (Lipinski definition) is 4. The number of aromatic amines is 1. The molecule has 0 fully saturated rings. The Kier molecular flexibility index (Phi) is 6.34. The number of hydroxylamine groups is 1. The highest BCUT2D eigenvalue weighted by Gasteiger charge is 2.15. The van der Waals surface area contributed by atoms with Gasteiger partial charge in [-0.15, -0.1) is 0 Å². The molecule has 2 heterocycles. The predicted octanol–water partition coefficient (Wildman–Crippen LogP) is 3.81. The molecular weight excluding hydrogens is 382 g/mol. The Bertz CT molecular complexity index is 1020. The van der Waals surface area contributed by atoms with Gasteiger partial charge in [0.15, 0.2) is 0 Å². The van der Waals surface area contributed by atoms with Gasteiger partial charge in [-0.05, 0) is 65.6 Å². The molecule has 3 aromatic rings. The summed E-state index contributed by atoms with van der Waals surface area (Å²) in [5.41, 5.74) is 9.24. The molecule has 1 aliphatic rings. The third-order valence-electron chi connectivity index (χ3n) is 5.24. The Labute approximate surface area is 174 Å². The predicted molar refractivity (Wildman–Crippen MR) is 119 cm³/mol. The van der Waals surface area contributed by atoms with Crippen molar-refractivity contribution in [1.82, 2.24) is 15.8 Å². The monoisotopic (exact) mass is 407 g/mol. The fourth-order valence-electron chi connectivity index (χ4n) is 3.68. The molecule has 0 bridgehead atoms. The Morgan fingerprint density at radius 3 is 2.83 bits per heavy atom. The number of benzene rings is 2. The zero-order chi connectivity index (χ0) is 20.1. The number of hydrogen-bond acceptors (Lipinski definition) is 4. The largest absolute Gasteiger partial charge is 0.357 e. The van der Waals surface area contributed by atoms with Gasteiger partial charge in [0.25, 0.3) is 5.91 Å². The molecule has 0 unspecified atom stereocenters. The lowest BCUT2D eigenvalue weighted by Gasteiger charge is -2.10. The molecule has 4 rings (SSSR count). The van der Waals surface area contributed by atoms with Crippen LogP contribution in [0.15, 0.2) is 48.5 Å². The molecule has 0 saturated heterocycles. The van der Waals surface area contributed by atoms with Crippen molar-refractivity contribution in [1.29, 1.82) is 0 Å². The molecule has 1 aliphatic heterocycles. The van der Waals surface area contributed by atoms with Crippen molar-refractivity contribution in [2.24, 2.45) is 0 Å². The summed E-state index contributed by atoms with van der Waals surface area (Å²) in [5.74, 6) is 1.78. The van der Waals surface area contributed by atoms with Gasteiger partial charge in [0, 0.05) is 35.0 Å². The van der Waals surface area contributed by atoms with Crippen LogP contribution in [0.25, 0.3) is 17.0 Å². The summed E-state index contributed by atoms with van der Waals surface area (Å²) in [6, 6.07) is 14.8. The van der Waals surface area contributed by atoms with E-state index in [9.17, 15) is 4.79 Å². The number of thioether (sulfide) groups is 1. The van der Waals surface area contributed by atoms with Gasteiger partial charge in [-0.1, -0.05) is 30.3 Å². The highest BCUT2D eigenvalue weighted by Crippen LogP contribution is 2.31. The average molecular weight is 408 g/mol. The second-order valence-corrected chi connectivity index (χ2v) is 8.35. The third-order valence-corrected chi connectivity index (χ3v) is 6.22. The Balaban J connectivity index is 1.29. The average Bonchev–Trinajstić information content (AvgIpc) is 3.14. The molecule has 150 valence electrons. The lowest BCUT2D eigenvalue weighted by atomic mass is 10.0. The molecular formula is C23H25N3O2S. The molecule has 1 aromatic heterocycles. The van der Waals surface area contributed by atoms with Crippen molar-refractivity contribution >= 4 is 34.6 Å². The van der Waals surface area contributed by atoms with E-state index in [-0.39, 0.29) is 0 Å². The molecule has 0 spiro atoms. The minimum Gasteiger partial charge on any atom is -0.357 e. The van der Waals surface area contributed by atoms with Crippen LogP contribution < -0.4 is 10.8 Å². The van der Waals surface area contributed by atoms with Gasteiger partial charge in [0.1, 0.15) is 0 Å². The van der Waals surface area contributed by atoms with E-state index in [1.165, 1.54) is 45.1 Å². The van der Waals surface area contributed by atoms with Crippen LogP contribution in [0, 0.1) is 0 Å². The first kappa shape index (κ1) is 19.8. The van der Waals surface area contributed by atoms with Crippen molar-refractivity contribution in [2.75, 3.05) is 12.3 Å². The maximum Gasteiger partial charge on any atom is 0.267 e. The van der Waals surface area contributed by atoms with Crippen molar-refractivity contribution < 1.29 is 10.0 Å². The molecule has 0 atom stereocenters. The highest BCUT2D eigenvalue weighted by atomic mass is 32.2. The number of amides is 1. The van der Waals surface area contributed by atoms with Gasteiger partial charge in [0.05, 0.1) is 0 Å². The van der Waals surface area contributed by atoms with Crippen LogP contribution in [0.2, 0.25) is 0 Å². The quantitative estimate of drug-likeness (QED) is 0.208. The van der Waals surface area contributed by atoms with Crippen LogP contribution in [-0.2, 0) is 29.9 Å². The van der Waals surface area contributed by atoms with Crippen molar-refractivity contribution in [3.8, 4) is 0 Å². The summed E-state index contributed by atoms with van der Waals surface area (Å²) in [4.78, 5) is 14.6. The van der Waals surface area contributed by atoms with Crippen LogP contribution in [-0.4, -0.2) is 28.4 Å². The highest BCUT2D eigenvalue weighted by molar-refractivity contribution is 7.98. The topological polar surface area (TPSA) is 77.2 Å². The Morgan fingerprint density at radius 2 is 2.00 bits per heavy atom. The van der Waals surface area contributed by atoms with E-state index in [1.54, 1.807) is 11.6 Å². The number of carbonyl (C=O) groups excluding carboxylic acids is 1. The molecule has 4 N–H and O–H groups in total. The van der Waals surface area contributed by atoms with Crippen LogP contribution in [0.1, 0.15) is 27.9 Å². The number of fused-ring (bicyclic) bond motifs is 3. The maximum atomic E-state index is 11.0. The number of rotatable bonds is 7. The summed E-state index contributed by atoms with van der Waals surface area (Å²) < 4.78 is 0. The maximum absolute atomic E-state index is 11.0. The molecule has 1 amide bonds. The molecule has 0 saturated carbocycles. The van der Waals surface area contributed by atoms with Crippen molar-refractivity contribution in [3.05, 3.63) is 76.5 Å². The van der Waals surface area contributed by atoms with Crippen LogP contribution in [0.5, 0.6) is 0 Å². The molecule has 29 heavy (non-hydrogen) atoms. The summed E-state index contributed by atoms with van der Waals surface area (Å²) in [6.45, 7) is 1.73. The molecule has 0 radical (unpaired) electrons. The fourth-order valence-corrected chi connectivity index (χ4v) is 4.63. The van der Waals surface area contributed by atoms with E-state index in [0.717, 1.165) is 37.2 Å². The molecule has 0 aliphatic carbocycles. The number of aryl methyl sites for hydroxylation is 1. The lowest BCUT2D eigenvalue weighted by Crippen LogP contribution is -2.16. The summed E-state index contributed by atoms with van der Waals surface area (Å²) in [6.07, 6.45) is 5.13. The van der Waals surface area contributed by atoms with Gasteiger partial charge >= 0.3 is 0 Å². The number of nitrogens with one attached hydrogen (secondary N) is 3. The first-order valence-electron chi connectivity index (χ1n) is 9.85. The fraction of sp³-hybridized carbons (Fsp3) is 0.261. The van der Waals surface area contributed by atoms with E-state index < -0.39 is 5.91 Å². The first-order chi connectivity index (χ1) is 14.2. The molecule has 5 nitrogen and oxygen atoms in total. The Hall–Kier alpha value is -2.54. The lowest BCUT2D eigenvalue weighted by molar-refractivity contribution is -0.124. The van der Waals surface area contributed by atoms with Gasteiger partial charge in [-0.3, -0.25) is 10.0 Å². The second kappa shape index (κ2) is 9.31. The SMILES string of the molecule is O=C(/C=C/c1ccc(CNCCc2ccc3[nH]c4c(c3c2)CCSC4)cc1)NO. The van der Waals surface area contributed by atoms with E-state index in [1.807, 2.05) is 36.0 Å². The van der Waals surface area contributed by atoms with E-state index in [4.69, 9.17) is 5.21 Å². The van der Waals surface area contributed by atoms with Gasteiger partial charge in [-0.25, -0.2) is 5.48 Å². The smallest absolute Gasteiger partial charge is 0.267 e. The number of aromatic nitrogens is 1. The first-order valence-corrected chi connectivity index (χ1v) is 11.0. The minimum absolute atomic E-state index is 0.534. The minimum atomic E-state index is -0.534. The zero-order valence-corrected chi connectivity index (χ0v) is 17.0. The summed E-state index contributed by atoms with van der Waals surface area (Å²) in [7, 11) is 0. The Morgan fingerprint density at radius 1 is 1.17 bits per heavy atom. The van der Waals surface area contributed by atoms with E-state index in [0.29, 0.717) is 0 Å². The van der Waals surface area contributed by atoms with E-state index >= 15 is 0 Å². The van der Waals surface area contributed by atoms with Crippen LogP contribution >= 0.6 is 11.8 Å². The summed E-state index contributed by atoms with van der Waals surface area (Å²) >= 11 is 2.00.